The van der Waals surface area contributed by atoms with E-state index in [4.69, 9.17) is 9.97 Å². The van der Waals surface area contributed by atoms with Crippen molar-refractivity contribution in [1.29, 1.82) is 0 Å². The fraction of sp³-hybridized carbons (Fsp3) is 0.450. The first-order chi connectivity index (χ1) is 13.3. The number of nitrogens with zero attached hydrogens (tertiary/aromatic N) is 4. The zero-order valence-electron chi connectivity index (χ0n) is 15.2. The zero-order chi connectivity index (χ0) is 18.2. The molecule has 3 heterocycles. The number of fused-ring (bicyclic) bond motifs is 1. The molecule has 2 fully saturated rings. The van der Waals surface area contributed by atoms with Crippen molar-refractivity contribution in [2.45, 2.75) is 44.4 Å². The summed E-state index contributed by atoms with van der Waals surface area (Å²) in [6.45, 7) is 2.08. The van der Waals surface area contributed by atoms with Crippen molar-refractivity contribution < 1.29 is 5.82 Å². The standard InChI is InChI=1S/C20H23FN6.H2/c21-14-7-8-16-15(11-14)20(26-25-16)23-17-12-18(27-9-4-10-27)24-19(22-17)13-5-2-1-3-6-13;/h7-8,11-13H,1-6,9-10H2,(H2,22,23,24,25,26);1H. The lowest BCUT2D eigenvalue weighted by atomic mass is 9.88. The molecule has 3 aromatic rings. The Morgan fingerprint density at radius 2 is 1.93 bits per heavy atom. The predicted molar refractivity (Wildman–Crippen MR) is 106 cm³/mol. The van der Waals surface area contributed by atoms with Gasteiger partial charge in [-0.15, -0.1) is 0 Å². The van der Waals surface area contributed by atoms with Crippen LogP contribution in [0.25, 0.3) is 10.9 Å². The molecule has 142 valence electrons. The van der Waals surface area contributed by atoms with E-state index in [0.29, 0.717) is 11.7 Å². The lowest BCUT2D eigenvalue weighted by molar-refractivity contribution is 0.428. The van der Waals surface area contributed by atoms with Crippen LogP contribution in [0.1, 0.15) is 51.7 Å². The van der Waals surface area contributed by atoms with Gasteiger partial charge >= 0.3 is 0 Å². The number of anilines is 3. The van der Waals surface area contributed by atoms with Crippen molar-refractivity contribution in [2.24, 2.45) is 0 Å². The Balaban J connectivity index is 0.00000192. The lowest BCUT2D eigenvalue weighted by Crippen LogP contribution is -2.38. The second-order valence-corrected chi connectivity index (χ2v) is 7.53. The van der Waals surface area contributed by atoms with Crippen LogP contribution >= 0.6 is 0 Å². The van der Waals surface area contributed by atoms with E-state index in [9.17, 15) is 4.39 Å². The Labute approximate surface area is 158 Å². The lowest BCUT2D eigenvalue weighted by Gasteiger charge is -2.33. The minimum absolute atomic E-state index is 0. The first-order valence-electron chi connectivity index (χ1n) is 9.81. The van der Waals surface area contributed by atoms with Gasteiger partial charge in [-0.3, -0.25) is 5.10 Å². The Bertz CT molecular complexity index is 964. The Morgan fingerprint density at radius 3 is 2.70 bits per heavy atom. The van der Waals surface area contributed by atoms with E-state index >= 15 is 0 Å². The highest BCUT2D eigenvalue weighted by Gasteiger charge is 2.23. The maximum absolute atomic E-state index is 13.7. The molecule has 1 saturated carbocycles. The Hall–Kier alpha value is -2.70. The number of aromatic amines is 1. The van der Waals surface area contributed by atoms with Gasteiger partial charge in [-0.25, -0.2) is 14.4 Å². The second-order valence-electron chi connectivity index (χ2n) is 7.53. The molecule has 27 heavy (non-hydrogen) atoms. The van der Waals surface area contributed by atoms with Gasteiger partial charge in [-0.2, -0.15) is 5.10 Å². The van der Waals surface area contributed by atoms with Gasteiger partial charge in [0.2, 0.25) is 0 Å². The van der Waals surface area contributed by atoms with E-state index in [-0.39, 0.29) is 7.24 Å². The summed E-state index contributed by atoms with van der Waals surface area (Å²) in [5.41, 5.74) is 0.795. The van der Waals surface area contributed by atoms with Crippen molar-refractivity contribution in [3.8, 4) is 0 Å². The molecular weight excluding hydrogens is 343 g/mol. The molecule has 0 atom stereocenters. The monoisotopic (exact) mass is 368 g/mol. The molecule has 1 aliphatic carbocycles. The zero-order valence-corrected chi connectivity index (χ0v) is 15.2. The van der Waals surface area contributed by atoms with E-state index in [1.165, 1.54) is 37.8 Å². The number of halogens is 1. The average Bonchev–Trinajstić information content (AvgIpc) is 3.03. The van der Waals surface area contributed by atoms with Crippen LogP contribution in [0.2, 0.25) is 0 Å². The van der Waals surface area contributed by atoms with Gasteiger partial charge in [0, 0.05) is 31.9 Å². The third kappa shape index (κ3) is 3.22. The molecule has 2 aliphatic rings. The number of aromatic nitrogens is 4. The van der Waals surface area contributed by atoms with Gasteiger partial charge in [0.1, 0.15) is 23.3 Å². The molecule has 0 radical (unpaired) electrons. The van der Waals surface area contributed by atoms with Crippen molar-refractivity contribution in [3.63, 3.8) is 0 Å². The molecule has 7 heteroatoms. The van der Waals surface area contributed by atoms with Gasteiger partial charge in [-0.1, -0.05) is 19.3 Å². The SMILES string of the molecule is Fc1ccc2[nH]nc(Nc3cc(N4CCC4)nc(C4CCCCC4)n3)c2c1.[HH]. The molecular formula is C20H25FN6. The van der Waals surface area contributed by atoms with E-state index in [1.54, 1.807) is 6.07 Å². The molecule has 1 saturated heterocycles. The molecule has 0 bridgehead atoms. The molecule has 0 unspecified atom stereocenters. The largest absolute Gasteiger partial charge is 0.356 e. The van der Waals surface area contributed by atoms with E-state index < -0.39 is 0 Å². The van der Waals surface area contributed by atoms with Crippen LogP contribution in [0, 0.1) is 5.82 Å². The summed E-state index contributed by atoms with van der Waals surface area (Å²) in [5, 5.41) is 11.3. The fourth-order valence-corrected chi connectivity index (χ4v) is 3.97. The van der Waals surface area contributed by atoms with Crippen molar-refractivity contribution in [1.82, 2.24) is 20.2 Å². The first-order valence-corrected chi connectivity index (χ1v) is 9.81. The molecule has 2 aromatic heterocycles. The van der Waals surface area contributed by atoms with Crippen LogP contribution in [0.5, 0.6) is 0 Å². The van der Waals surface area contributed by atoms with E-state index in [1.807, 2.05) is 6.07 Å². The van der Waals surface area contributed by atoms with Gasteiger partial charge in [0.25, 0.3) is 0 Å². The van der Waals surface area contributed by atoms with Gasteiger partial charge in [0.15, 0.2) is 5.82 Å². The summed E-state index contributed by atoms with van der Waals surface area (Å²) >= 11 is 0. The number of H-pyrrole nitrogens is 1. The molecule has 1 aromatic carbocycles. The van der Waals surface area contributed by atoms with Gasteiger partial charge < -0.3 is 10.2 Å². The van der Waals surface area contributed by atoms with Crippen LogP contribution < -0.4 is 10.2 Å². The molecule has 0 spiro atoms. The first kappa shape index (κ1) is 16.5. The molecule has 1 aliphatic heterocycles. The van der Waals surface area contributed by atoms with Crippen molar-refractivity contribution in [2.75, 3.05) is 23.3 Å². The van der Waals surface area contributed by atoms with Crippen LogP contribution in [0.4, 0.5) is 21.8 Å². The summed E-state index contributed by atoms with van der Waals surface area (Å²) in [6.07, 6.45) is 7.30. The summed E-state index contributed by atoms with van der Waals surface area (Å²) in [6, 6.07) is 6.59. The third-order valence-electron chi connectivity index (χ3n) is 5.65. The number of benzene rings is 1. The highest BCUT2D eigenvalue weighted by atomic mass is 19.1. The van der Waals surface area contributed by atoms with E-state index in [2.05, 4.69) is 20.4 Å². The van der Waals surface area contributed by atoms with E-state index in [0.717, 1.165) is 54.3 Å². The maximum Gasteiger partial charge on any atom is 0.161 e. The van der Waals surface area contributed by atoms with Crippen LogP contribution in [-0.2, 0) is 0 Å². The normalized spacial score (nSPS) is 17.9. The second kappa shape index (κ2) is 6.79. The molecule has 0 amide bonds. The quantitative estimate of drug-likeness (QED) is 0.696. The summed E-state index contributed by atoms with van der Waals surface area (Å²) in [4.78, 5) is 12.0. The minimum atomic E-state index is -0.279. The van der Waals surface area contributed by atoms with Crippen LogP contribution in [0.3, 0.4) is 0 Å². The average molecular weight is 368 g/mol. The van der Waals surface area contributed by atoms with Crippen molar-refractivity contribution in [3.05, 3.63) is 35.9 Å². The number of hydrogen-bond acceptors (Lipinski definition) is 5. The summed E-state index contributed by atoms with van der Waals surface area (Å²) < 4.78 is 13.7. The van der Waals surface area contributed by atoms with Crippen LogP contribution in [-0.4, -0.2) is 33.3 Å². The Morgan fingerprint density at radius 1 is 1.07 bits per heavy atom. The molecule has 2 N–H and O–H groups in total. The molecule has 6 nitrogen and oxygen atoms in total. The third-order valence-corrected chi connectivity index (χ3v) is 5.65. The highest BCUT2D eigenvalue weighted by molar-refractivity contribution is 5.91. The predicted octanol–water partition coefficient (Wildman–Crippen LogP) is 4.74. The Kier molecular flexibility index (Phi) is 4.14. The van der Waals surface area contributed by atoms with Gasteiger partial charge in [0.05, 0.1) is 5.52 Å². The summed E-state index contributed by atoms with van der Waals surface area (Å²) in [5.74, 6) is 3.36. The minimum Gasteiger partial charge on any atom is -0.356 e. The maximum atomic E-state index is 13.7. The topological polar surface area (TPSA) is 69.7 Å². The number of rotatable bonds is 4. The smallest absolute Gasteiger partial charge is 0.161 e. The highest BCUT2D eigenvalue weighted by Crippen LogP contribution is 2.34. The fourth-order valence-electron chi connectivity index (χ4n) is 3.97. The summed E-state index contributed by atoms with van der Waals surface area (Å²) in [7, 11) is 0. The van der Waals surface area contributed by atoms with Gasteiger partial charge in [-0.05, 0) is 37.5 Å². The van der Waals surface area contributed by atoms with Crippen LogP contribution in [0.15, 0.2) is 24.3 Å². The molecule has 5 rings (SSSR count). The van der Waals surface area contributed by atoms with Crippen molar-refractivity contribution >= 4 is 28.4 Å². The number of hydrogen-bond donors (Lipinski definition) is 2. The number of nitrogens with one attached hydrogen (secondary N) is 2.